The third-order valence-corrected chi connectivity index (χ3v) is 5.74. The normalized spacial score (nSPS) is 26.5. The predicted octanol–water partition coefficient (Wildman–Crippen LogP) is 1.11. The Morgan fingerprint density at radius 3 is 2.71 bits per heavy atom. The van der Waals surface area contributed by atoms with E-state index in [9.17, 15) is 9.59 Å². The molecule has 1 N–H and O–H groups in total. The first-order chi connectivity index (χ1) is 13.4. The summed E-state index contributed by atoms with van der Waals surface area (Å²) >= 11 is 0. The molecule has 0 radical (unpaired) electrons. The number of nitrogens with zero attached hydrogens (tertiary/aromatic N) is 5. The van der Waals surface area contributed by atoms with E-state index >= 15 is 0 Å². The molecule has 3 atom stereocenters. The topological polar surface area (TPSA) is 114 Å². The van der Waals surface area contributed by atoms with Gasteiger partial charge in [0.25, 0.3) is 5.91 Å². The number of aryl methyl sites for hydroxylation is 1. The van der Waals surface area contributed by atoms with Gasteiger partial charge in [0.1, 0.15) is 0 Å². The number of hydrogen-bond acceptors (Lipinski definition) is 7. The second-order valence-electron chi connectivity index (χ2n) is 8.06. The average Bonchev–Trinajstić information content (AvgIpc) is 3.34. The zero-order chi connectivity index (χ0) is 19.9. The number of nitrogens with one attached hydrogen (secondary N) is 1. The standard InChI is InChI=1S/C19H24N6O3/c1-11(2)17(27)25-9-13-7-14(23-16(26)15-20-5-4-6-21-15)8-19(13,10-25)18-22-12(3)24-28-18/h4-6,11,13-14H,7-10H2,1-3H3,(H,23,26)/t13?,14-,19+/m1/s1. The first-order valence-electron chi connectivity index (χ1n) is 9.56. The lowest BCUT2D eigenvalue weighted by Gasteiger charge is -2.26. The van der Waals surface area contributed by atoms with Gasteiger partial charge in [-0.15, -0.1) is 0 Å². The summed E-state index contributed by atoms with van der Waals surface area (Å²) in [5.74, 6) is 1.20. The fraction of sp³-hybridized carbons (Fsp3) is 0.579. The van der Waals surface area contributed by atoms with Gasteiger partial charge in [-0.1, -0.05) is 19.0 Å². The zero-order valence-electron chi connectivity index (χ0n) is 16.3. The second kappa shape index (κ2) is 6.96. The summed E-state index contributed by atoms with van der Waals surface area (Å²) in [6, 6.07) is 1.61. The van der Waals surface area contributed by atoms with Crippen LogP contribution in [0.4, 0.5) is 0 Å². The predicted molar refractivity (Wildman–Crippen MR) is 98.1 cm³/mol. The summed E-state index contributed by atoms with van der Waals surface area (Å²) in [6.07, 6.45) is 4.47. The second-order valence-corrected chi connectivity index (χ2v) is 8.06. The highest BCUT2D eigenvalue weighted by Crippen LogP contribution is 2.50. The minimum absolute atomic E-state index is 0.0639. The first-order valence-corrected chi connectivity index (χ1v) is 9.56. The maximum Gasteiger partial charge on any atom is 0.289 e. The molecule has 3 heterocycles. The highest BCUT2D eigenvalue weighted by atomic mass is 16.5. The van der Waals surface area contributed by atoms with Gasteiger partial charge in [-0.2, -0.15) is 4.98 Å². The highest BCUT2D eigenvalue weighted by Gasteiger charge is 2.58. The van der Waals surface area contributed by atoms with Gasteiger partial charge in [-0.3, -0.25) is 9.59 Å². The zero-order valence-corrected chi connectivity index (χ0v) is 16.3. The molecular weight excluding hydrogens is 360 g/mol. The summed E-state index contributed by atoms with van der Waals surface area (Å²) in [4.78, 5) is 39.4. The molecule has 2 aromatic rings. The van der Waals surface area contributed by atoms with Crippen LogP contribution in [0, 0.1) is 18.8 Å². The lowest BCUT2D eigenvalue weighted by Crippen LogP contribution is -2.40. The van der Waals surface area contributed by atoms with Crippen molar-refractivity contribution in [2.75, 3.05) is 13.1 Å². The van der Waals surface area contributed by atoms with Crippen molar-refractivity contribution in [1.29, 1.82) is 0 Å². The molecule has 9 heteroatoms. The van der Waals surface area contributed by atoms with Crippen molar-refractivity contribution in [2.45, 2.75) is 45.1 Å². The SMILES string of the molecule is Cc1noc([C@]23C[C@H](NC(=O)c4ncccn4)CC2CN(C(=O)C(C)C)C3)n1. The molecule has 2 aromatic heterocycles. The first kappa shape index (κ1) is 18.5. The molecule has 148 valence electrons. The molecule has 0 aromatic carbocycles. The van der Waals surface area contributed by atoms with Crippen molar-refractivity contribution >= 4 is 11.8 Å². The molecule has 0 bridgehead atoms. The molecule has 2 aliphatic rings. The van der Waals surface area contributed by atoms with Crippen LogP contribution < -0.4 is 5.32 Å². The van der Waals surface area contributed by atoms with Crippen molar-refractivity contribution in [3.05, 3.63) is 36.0 Å². The van der Waals surface area contributed by atoms with E-state index in [-0.39, 0.29) is 35.5 Å². The minimum atomic E-state index is -0.429. The number of fused-ring (bicyclic) bond motifs is 1. The lowest BCUT2D eigenvalue weighted by molar-refractivity contribution is -0.133. The molecule has 1 saturated heterocycles. The molecule has 1 aliphatic heterocycles. The number of aromatic nitrogens is 4. The van der Waals surface area contributed by atoms with E-state index in [4.69, 9.17) is 4.52 Å². The van der Waals surface area contributed by atoms with E-state index in [1.54, 1.807) is 25.4 Å². The van der Waals surface area contributed by atoms with Gasteiger partial charge in [0.05, 0.1) is 5.41 Å². The molecule has 1 aliphatic carbocycles. The van der Waals surface area contributed by atoms with E-state index in [0.717, 1.165) is 6.42 Å². The Balaban J connectivity index is 1.56. The molecule has 1 unspecified atom stereocenters. The number of amides is 2. The summed E-state index contributed by atoms with van der Waals surface area (Å²) < 4.78 is 5.54. The van der Waals surface area contributed by atoms with Gasteiger partial charge in [-0.05, 0) is 31.7 Å². The van der Waals surface area contributed by atoms with Crippen LogP contribution in [0.15, 0.2) is 23.0 Å². The third kappa shape index (κ3) is 3.14. The summed E-state index contributed by atoms with van der Waals surface area (Å²) in [7, 11) is 0. The molecule has 1 saturated carbocycles. The molecular formula is C19H24N6O3. The van der Waals surface area contributed by atoms with Crippen molar-refractivity contribution in [3.63, 3.8) is 0 Å². The van der Waals surface area contributed by atoms with Gasteiger partial charge in [-0.25, -0.2) is 9.97 Å². The van der Waals surface area contributed by atoms with E-state index in [2.05, 4.69) is 25.4 Å². The minimum Gasteiger partial charge on any atom is -0.347 e. The van der Waals surface area contributed by atoms with Crippen molar-refractivity contribution in [3.8, 4) is 0 Å². The van der Waals surface area contributed by atoms with Crippen LogP contribution in [0.1, 0.15) is 49.0 Å². The Morgan fingerprint density at radius 1 is 1.32 bits per heavy atom. The van der Waals surface area contributed by atoms with E-state index in [1.807, 2.05) is 18.7 Å². The van der Waals surface area contributed by atoms with Crippen LogP contribution in [0.5, 0.6) is 0 Å². The quantitative estimate of drug-likeness (QED) is 0.840. The fourth-order valence-electron chi connectivity index (χ4n) is 4.51. The van der Waals surface area contributed by atoms with Crippen LogP contribution in [0.25, 0.3) is 0 Å². The Hall–Kier alpha value is -2.84. The molecule has 0 spiro atoms. The summed E-state index contributed by atoms with van der Waals surface area (Å²) in [6.45, 7) is 6.76. The maximum atomic E-state index is 12.6. The highest BCUT2D eigenvalue weighted by molar-refractivity contribution is 5.90. The summed E-state index contributed by atoms with van der Waals surface area (Å²) in [5.41, 5.74) is -0.429. The van der Waals surface area contributed by atoms with Crippen molar-refractivity contribution < 1.29 is 14.1 Å². The number of carbonyl (C=O) groups excluding carboxylic acids is 2. The van der Waals surface area contributed by atoms with Crippen molar-refractivity contribution in [2.24, 2.45) is 11.8 Å². The van der Waals surface area contributed by atoms with Crippen LogP contribution in [-0.2, 0) is 10.2 Å². The molecule has 4 rings (SSSR count). The van der Waals surface area contributed by atoms with Gasteiger partial charge in [0.15, 0.2) is 5.82 Å². The average molecular weight is 384 g/mol. The van der Waals surface area contributed by atoms with Crippen LogP contribution in [-0.4, -0.2) is 56.0 Å². The van der Waals surface area contributed by atoms with Gasteiger partial charge >= 0.3 is 0 Å². The number of likely N-dealkylation sites (tertiary alicyclic amines) is 1. The van der Waals surface area contributed by atoms with Crippen LogP contribution >= 0.6 is 0 Å². The fourth-order valence-corrected chi connectivity index (χ4v) is 4.51. The number of carbonyl (C=O) groups is 2. The molecule has 9 nitrogen and oxygen atoms in total. The molecule has 28 heavy (non-hydrogen) atoms. The summed E-state index contributed by atoms with van der Waals surface area (Å²) in [5, 5.41) is 6.99. The van der Waals surface area contributed by atoms with Crippen molar-refractivity contribution in [1.82, 2.24) is 30.3 Å². The van der Waals surface area contributed by atoms with Crippen LogP contribution in [0.3, 0.4) is 0 Å². The van der Waals surface area contributed by atoms with E-state index < -0.39 is 5.41 Å². The largest absolute Gasteiger partial charge is 0.347 e. The number of rotatable bonds is 4. The lowest BCUT2D eigenvalue weighted by atomic mass is 9.80. The Bertz CT molecular complexity index is 883. The number of hydrogen-bond donors (Lipinski definition) is 1. The smallest absolute Gasteiger partial charge is 0.289 e. The molecule has 2 amide bonds. The van der Waals surface area contributed by atoms with E-state index in [0.29, 0.717) is 31.2 Å². The Kier molecular flexibility index (Phi) is 4.60. The Labute approximate surface area is 162 Å². The maximum absolute atomic E-state index is 12.6. The van der Waals surface area contributed by atoms with Gasteiger partial charge in [0, 0.05) is 37.4 Å². The molecule has 2 fully saturated rings. The third-order valence-electron chi connectivity index (χ3n) is 5.74. The van der Waals surface area contributed by atoms with Crippen LogP contribution in [0.2, 0.25) is 0 Å². The van der Waals surface area contributed by atoms with Gasteiger partial charge in [0.2, 0.25) is 17.6 Å². The van der Waals surface area contributed by atoms with Gasteiger partial charge < -0.3 is 14.7 Å². The monoisotopic (exact) mass is 384 g/mol. The van der Waals surface area contributed by atoms with E-state index in [1.165, 1.54) is 0 Å². The Morgan fingerprint density at radius 2 is 2.07 bits per heavy atom.